The van der Waals surface area contributed by atoms with Crippen LogP contribution in [0.1, 0.15) is 25.5 Å². The monoisotopic (exact) mass is 256 g/mol. The van der Waals surface area contributed by atoms with Gasteiger partial charge in [0, 0.05) is 25.6 Å². The molecule has 1 aliphatic heterocycles. The number of hydrogen-bond donors (Lipinski definition) is 1. The predicted octanol–water partition coefficient (Wildman–Crippen LogP) is 2.03. The molecular formula is C12H17ClN2O2. The highest BCUT2D eigenvalue weighted by molar-refractivity contribution is 6.28. The first kappa shape index (κ1) is 12.5. The van der Waals surface area contributed by atoms with Gasteiger partial charge in [-0.3, -0.25) is 4.79 Å². The van der Waals surface area contributed by atoms with Crippen LogP contribution in [0.15, 0.2) is 16.5 Å². The fraction of sp³-hybridized carbons (Fsp3) is 0.583. The summed E-state index contributed by atoms with van der Waals surface area (Å²) in [6, 6.07) is 3.83. The molecule has 0 bridgehead atoms. The van der Waals surface area contributed by atoms with Crippen molar-refractivity contribution in [3.63, 3.8) is 0 Å². The Morgan fingerprint density at radius 1 is 1.59 bits per heavy atom. The van der Waals surface area contributed by atoms with Crippen molar-refractivity contribution in [2.24, 2.45) is 0 Å². The van der Waals surface area contributed by atoms with Gasteiger partial charge in [0.25, 0.3) is 0 Å². The van der Waals surface area contributed by atoms with Crippen molar-refractivity contribution < 1.29 is 9.21 Å². The predicted molar refractivity (Wildman–Crippen MR) is 65.8 cm³/mol. The first-order valence-corrected chi connectivity index (χ1v) is 6.28. The zero-order valence-corrected chi connectivity index (χ0v) is 10.7. The van der Waals surface area contributed by atoms with Gasteiger partial charge in [0.15, 0.2) is 5.22 Å². The molecule has 0 aliphatic carbocycles. The van der Waals surface area contributed by atoms with Gasteiger partial charge in [-0.1, -0.05) is 0 Å². The van der Waals surface area contributed by atoms with Gasteiger partial charge in [0.1, 0.15) is 5.76 Å². The second-order valence-corrected chi connectivity index (χ2v) is 4.80. The van der Waals surface area contributed by atoms with Gasteiger partial charge in [-0.05, 0) is 37.1 Å². The highest BCUT2D eigenvalue weighted by atomic mass is 35.5. The van der Waals surface area contributed by atoms with Gasteiger partial charge >= 0.3 is 0 Å². The summed E-state index contributed by atoms with van der Waals surface area (Å²) in [5.41, 5.74) is 0. The molecule has 1 aromatic heterocycles. The Bertz CT molecular complexity index is 392. The number of likely N-dealkylation sites (tertiary alicyclic amines) is 1. The number of furan rings is 1. The lowest BCUT2D eigenvalue weighted by molar-refractivity contribution is -0.127. The Balaban J connectivity index is 1.73. The number of amides is 1. The largest absolute Gasteiger partial charge is 0.448 e. The number of carbonyl (C=O) groups is 1. The van der Waals surface area contributed by atoms with Crippen molar-refractivity contribution >= 4 is 17.5 Å². The molecule has 1 atom stereocenters. The van der Waals surface area contributed by atoms with Gasteiger partial charge in [-0.15, -0.1) is 0 Å². The number of rotatable bonds is 5. The summed E-state index contributed by atoms with van der Waals surface area (Å²) in [6.07, 6.45) is 1.68. The first-order chi connectivity index (χ1) is 8.15. The molecule has 4 nitrogen and oxygen atoms in total. The Hall–Kier alpha value is -1.00. The van der Waals surface area contributed by atoms with E-state index in [1.165, 1.54) is 0 Å². The molecule has 17 heavy (non-hydrogen) atoms. The van der Waals surface area contributed by atoms with Crippen molar-refractivity contribution in [3.8, 4) is 0 Å². The molecule has 5 heteroatoms. The summed E-state index contributed by atoms with van der Waals surface area (Å²) in [7, 11) is 0. The molecule has 0 saturated carbocycles. The Morgan fingerprint density at radius 2 is 2.41 bits per heavy atom. The van der Waals surface area contributed by atoms with Gasteiger partial charge in [0.05, 0.1) is 6.54 Å². The minimum atomic E-state index is 0.251. The molecule has 0 spiro atoms. The molecule has 1 N–H and O–H groups in total. The van der Waals surface area contributed by atoms with E-state index in [1.54, 1.807) is 6.07 Å². The molecule has 1 amide bonds. The van der Waals surface area contributed by atoms with E-state index in [9.17, 15) is 4.79 Å². The first-order valence-electron chi connectivity index (χ1n) is 5.90. The fourth-order valence-corrected chi connectivity index (χ4v) is 2.18. The maximum absolute atomic E-state index is 11.4. The van der Waals surface area contributed by atoms with Crippen LogP contribution in [0.5, 0.6) is 0 Å². The average Bonchev–Trinajstić information content (AvgIpc) is 2.86. The molecule has 1 fully saturated rings. The van der Waals surface area contributed by atoms with Crippen LogP contribution in [-0.2, 0) is 11.3 Å². The topological polar surface area (TPSA) is 45.5 Å². The molecular weight excluding hydrogens is 240 g/mol. The summed E-state index contributed by atoms with van der Waals surface area (Å²) < 4.78 is 5.25. The normalized spacial score (nSPS) is 17.8. The van der Waals surface area contributed by atoms with Crippen LogP contribution in [0.4, 0.5) is 0 Å². The van der Waals surface area contributed by atoms with Gasteiger partial charge in [0.2, 0.25) is 5.91 Å². The lowest BCUT2D eigenvalue weighted by Crippen LogP contribution is -2.39. The van der Waals surface area contributed by atoms with E-state index >= 15 is 0 Å². The zero-order valence-electron chi connectivity index (χ0n) is 9.91. The summed E-state index contributed by atoms with van der Waals surface area (Å²) >= 11 is 5.68. The van der Waals surface area contributed by atoms with Gasteiger partial charge in [-0.2, -0.15) is 0 Å². The Morgan fingerprint density at radius 3 is 3.00 bits per heavy atom. The third-order valence-electron chi connectivity index (χ3n) is 2.92. The molecule has 1 aliphatic rings. The number of nitrogens with one attached hydrogen (secondary N) is 1. The minimum Gasteiger partial charge on any atom is -0.448 e. The molecule has 1 aromatic rings. The van der Waals surface area contributed by atoms with Crippen LogP contribution in [-0.4, -0.2) is 29.9 Å². The van der Waals surface area contributed by atoms with Crippen molar-refractivity contribution in [1.82, 2.24) is 10.2 Å². The van der Waals surface area contributed by atoms with Crippen LogP contribution in [0, 0.1) is 0 Å². The number of hydrogen-bond acceptors (Lipinski definition) is 3. The third kappa shape index (κ3) is 3.48. The molecule has 1 unspecified atom stereocenters. The van der Waals surface area contributed by atoms with Gasteiger partial charge in [-0.25, -0.2) is 0 Å². The molecule has 94 valence electrons. The third-order valence-corrected chi connectivity index (χ3v) is 3.12. The second-order valence-electron chi connectivity index (χ2n) is 4.43. The van der Waals surface area contributed by atoms with E-state index in [2.05, 4.69) is 12.2 Å². The van der Waals surface area contributed by atoms with Gasteiger partial charge < -0.3 is 14.6 Å². The average molecular weight is 257 g/mol. The molecule has 1 saturated heterocycles. The summed E-state index contributed by atoms with van der Waals surface area (Å²) in [5, 5.41) is 3.72. The minimum absolute atomic E-state index is 0.251. The molecule has 0 aromatic carbocycles. The van der Waals surface area contributed by atoms with E-state index < -0.39 is 0 Å². The van der Waals surface area contributed by atoms with E-state index in [0.717, 1.165) is 25.3 Å². The molecule has 2 heterocycles. The van der Waals surface area contributed by atoms with Crippen molar-refractivity contribution in [3.05, 3.63) is 23.1 Å². The summed E-state index contributed by atoms with van der Waals surface area (Å²) in [5.74, 6) is 1.08. The van der Waals surface area contributed by atoms with Crippen LogP contribution in [0.2, 0.25) is 5.22 Å². The number of nitrogens with zero attached hydrogens (tertiary/aromatic N) is 1. The van der Waals surface area contributed by atoms with Crippen LogP contribution < -0.4 is 5.32 Å². The number of halogens is 1. The van der Waals surface area contributed by atoms with E-state index in [0.29, 0.717) is 18.2 Å². The van der Waals surface area contributed by atoms with Crippen molar-refractivity contribution in [2.75, 3.05) is 13.1 Å². The smallest absolute Gasteiger partial charge is 0.222 e. The maximum atomic E-state index is 11.4. The second kappa shape index (κ2) is 5.56. The van der Waals surface area contributed by atoms with E-state index in [-0.39, 0.29) is 11.9 Å². The van der Waals surface area contributed by atoms with Crippen LogP contribution >= 0.6 is 11.6 Å². The van der Waals surface area contributed by atoms with Crippen molar-refractivity contribution in [1.29, 1.82) is 0 Å². The van der Waals surface area contributed by atoms with Crippen LogP contribution in [0.25, 0.3) is 0 Å². The quantitative estimate of drug-likeness (QED) is 0.877. The van der Waals surface area contributed by atoms with E-state index in [4.69, 9.17) is 16.0 Å². The summed E-state index contributed by atoms with van der Waals surface area (Å²) in [4.78, 5) is 13.4. The lowest BCUT2D eigenvalue weighted by Gasteiger charge is -2.21. The summed E-state index contributed by atoms with van der Waals surface area (Å²) in [6.45, 7) is 4.34. The Labute approximate surface area is 106 Å². The standard InChI is InChI=1S/C12H17ClN2O2/c1-9(8-15-6-2-3-12(15)16)14-7-10-4-5-11(13)17-10/h4-5,9,14H,2-3,6-8H2,1H3. The van der Waals surface area contributed by atoms with E-state index in [1.807, 2.05) is 11.0 Å². The highest BCUT2D eigenvalue weighted by Crippen LogP contribution is 2.13. The Kier molecular flexibility index (Phi) is 4.07. The molecule has 0 radical (unpaired) electrons. The van der Waals surface area contributed by atoms with Crippen LogP contribution in [0.3, 0.4) is 0 Å². The lowest BCUT2D eigenvalue weighted by atomic mass is 10.3. The number of carbonyl (C=O) groups excluding carboxylic acids is 1. The SMILES string of the molecule is CC(CN1CCCC1=O)NCc1ccc(Cl)o1. The fourth-order valence-electron chi connectivity index (χ4n) is 2.01. The van der Waals surface area contributed by atoms with Crippen molar-refractivity contribution in [2.45, 2.75) is 32.4 Å². The zero-order chi connectivity index (χ0) is 12.3. The highest BCUT2D eigenvalue weighted by Gasteiger charge is 2.21. The maximum Gasteiger partial charge on any atom is 0.222 e. The molecule has 2 rings (SSSR count).